The molecule has 1 heterocycles. The van der Waals surface area contributed by atoms with Crippen LogP contribution in [0.4, 0.5) is 5.69 Å². The van der Waals surface area contributed by atoms with Crippen molar-refractivity contribution in [2.45, 2.75) is 12.5 Å². The molecule has 0 saturated heterocycles. The minimum Gasteiger partial charge on any atom is -0.467 e. The molecule has 0 aliphatic carbocycles. The average Bonchev–Trinajstić information content (AvgIpc) is 2.35. The third-order valence-electron chi connectivity index (χ3n) is 2.68. The Morgan fingerprint density at radius 3 is 2.89 bits per heavy atom. The van der Waals surface area contributed by atoms with Crippen LogP contribution in [0.15, 0.2) is 17.3 Å². The molecule has 0 bridgehead atoms. The van der Waals surface area contributed by atoms with E-state index in [0.29, 0.717) is 27.0 Å². The lowest BCUT2D eigenvalue weighted by Gasteiger charge is -2.26. The number of halogens is 2. The van der Waals surface area contributed by atoms with E-state index in [1.165, 1.54) is 7.11 Å². The predicted octanol–water partition coefficient (Wildman–Crippen LogP) is 2.53. The van der Waals surface area contributed by atoms with Crippen molar-refractivity contribution in [3.8, 4) is 0 Å². The van der Waals surface area contributed by atoms with Gasteiger partial charge in [0.1, 0.15) is 6.04 Å². The monoisotopic (exact) mass is 288 g/mol. The molecule has 5 nitrogen and oxygen atoms in total. The molecule has 1 aromatic carbocycles. The Morgan fingerprint density at radius 2 is 2.28 bits per heavy atom. The fourth-order valence-corrected chi connectivity index (χ4v) is 2.49. The minimum atomic E-state index is -0.622. The van der Waals surface area contributed by atoms with Crippen molar-refractivity contribution in [1.82, 2.24) is 0 Å². The number of carbonyl (C=O) groups is 1. The third kappa shape index (κ3) is 2.23. The standard InChI is InChI=1S/C11H10Cl2N2O3/c1-18-11(16)9-4-8(15-17)10-6(13)2-5(12)3-7(10)14-9/h2-3,9,14,17H,4H2,1H3. The first-order valence-corrected chi connectivity index (χ1v) is 5.87. The highest BCUT2D eigenvalue weighted by atomic mass is 35.5. The van der Waals surface area contributed by atoms with E-state index >= 15 is 0 Å². The second kappa shape index (κ2) is 5.04. The Kier molecular flexibility index (Phi) is 3.63. The summed E-state index contributed by atoms with van der Waals surface area (Å²) in [6.45, 7) is 0. The Hall–Kier alpha value is -1.46. The maximum absolute atomic E-state index is 11.5. The first-order chi connectivity index (χ1) is 8.56. The van der Waals surface area contributed by atoms with Gasteiger partial charge in [-0.3, -0.25) is 0 Å². The van der Waals surface area contributed by atoms with Gasteiger partial charge in [0.2, 0.25) is 0 Å². The molecule has 0 spiro atoms. The van der Waals surface area contributed by atoms with Crippen LogP contribution in [0.3, 0.4) is 0 Å². The number of hydrogen-bond acceptors (Lipinski definition) is 5. The number of oxime groups is 1. The van der Waals surface area contributed by atoms with Crippen LogP contribution in [0.25, 0.3) is 0 Å². The number of esters is 1. The van der Waals surface area contributed by atoms with Crippen LogP contribution in [-0.4, -0.2) is 30.0 Å². The van der Waals surface area contributed by atoms with Crippen LogP contribution >= 0.6 is 23.2 Å². The lowest BCUT2D eigenvalue weighted by atomic mass is 9.96. The maximum atomic E-state index is 11.5. The SMILES string of the molecule is COC(=O)C1CC(=NO)c2c(Cl)cc(Cl)cc2N1. The van der Waals surface area contributed by atoms with Crippen molar-refractivity contribution in [2.75, 3.05) is 12.4 Å². The van der Waals surface area contributed by atoms with Crippen molar-refractivity contribution < 1.29 is 14.7 Å². The Labute approximate surface area is 113 Å². The zero-order valence-electron chi connectivity index (χ0n) is 9.41. The molecule has 0 radical (unpaired) electrons. The van der Waals surface area contributed by atoms with Crippen molar-refractivity contribution in [3.05, 3.63) is 27.7 Å². The molecule has 0 aromatic heterocycles. The van der Waals surface area contributed by atoms with Gasteiger partial charge in [0.25, 0.3) is 0 Å². The van der Waals surface area contributed by atoms with Crippen LogP contribution in [0.1, 0.15) is 12.0 Å². The van der Waals surface area contributed by atoms with Gasteiger partial charge >= 0.3 is 5.97 Å². The summed E-state index contributed by atoms with van der Waals surface area (Å²) in [5.41, 5.74) is 1.41. The lowest BCUT2D eigenvalue weighted by Crippen LogP contribution is -2.37. The molecular weight excluding hydrogens is 279 g/mol. The summed E-state index contributed by atoms with van der Waals surface area (Å²) in [5.74, 6) is -0.446. The number of fused-ring (bicyclic) bond motifs is 1. The molecule has 7 heteroatoms. The van der Waals surface area contributed by atoms with E-state index in [0.717, 1.165) is 0 Å². The van der Waals surface area contributed by atoms with Gasteiger partial charge in [-0.1, -0.05) is 28.4 Å². The van der Waals surface area contributed by atoms with Crippen LogP contribution < -0.4 is 5.32 Å². The number of ether oxygens (including phenoxy) is 1. The molecule has 0 amide bonds. The smallest absolute Gasteiger partial charge is 0.328 e. The van der Waals surface area contributed by atoms with Gasteiger partial charge in [-0.15, -0.1) is 0 Å². The van der Waals surface area contributed by atoms with Crippen LogP contribution in [0.5, 0.6) is 0 Å². The third-order valence-corrected chi connectivity index (χ3v) is 3.19. The molecular formula is C11H10Cl2N2O3. The Morgan fingerprint density at radius 1 is 1.56 bits per heavy atom. The highest BCUT2D eigenvalue weighted by Crippen LogP contribution is 2.34. The zero-order valence-corrected chi connectivity index (χ0v) is 10.9. The molecule has 1 atom stereocenters. The number of nitrogens with one attached hydrogen (secondary N) is 1. The molecule has 0 saturated carbocycles. The highest BCUT2D eigenvalue weighted by Gasteiger charge is 2.31. The average molecular weight is 289 g/mol. The molecule has 96 valence electrons. The topological polar surface area (TPSA) is 70.9 Å². The van der Waals surface area contributed by atoms with Crippen molar-refractivity contribution >= 4 is 40.6 Å². The highest BCUT2D eigenvalue weighted by molar-refractivity contribution is 6.38. The van der Waals surface area contributed by atoms with Crippen LogP contribution in [0.2, 0.25) is 10.0 Å². The molecule has 2 N–H and O–H groups in total. The van der Waals surface area contributed by atoms with Gasteiger partial charge in [0, 0.05) is 22.7 Å². The summed E-state index contributed by atoms with van der Waals surface area (Å²) in [5, 5.41) is 16.0. The normalized spacial score (nSPS) is 20.2. The van der Waals surface area contributed by atoms with E-state index in [1.54, 1.807) is 12.1 Å². The number of anilines is 1. The number of rotatable bonds is 1. The quantitative estimate of drug-likeness (QED) is 0.473. The summed E-state index contributed by atoms with van der Waals surface area (Å²) >= 11 is 11.9. The second-order valence-corrected chi connectivity index (χ2v) is 4.62. The van der Waals surface area contributed by atoms with E-state index in [9.17, 15) is 4.79 Å². The number of carbonyl (C=O) groups excluding carboxylic acids is 1. The first-order valence-electron chi connectivity index (χ1n) is 5.11. The summed E-state index contributed by atoms with van der Waals surface area (Å²) in [4.78, 5) is 11.5. The number of benzene rings is 1. The second-order valence-electron chi connectivity index (χ2n) is 3.78. The lowest BCUT2D eigenvalue weighted by molar-refractivity contribution is -0.141. The number of nitrogens with zero attached hydrogens (tertiary/aromatic N) is 1. The predicted molar refractivity (Wildman–Crippen MR) is 68.8 cm³/mol. The largest absolute Gasteiger partial charge is 0.467 e. The van der Waals surface area contributed by atoms with Crippen molar-refractivity contribution in [1.29, 1.82) is 0 Å². The summed E-state index contributed by atoms with van der Waals surface area (Å²) in [6.07, 6.45) is 0.192. The maximum Gasteiger partial charge on any atom is 0.328 e. The van der Waals surface area contributed by atoms with Crippen molar-refractivity contribution in [2.24, 2.45) is 5.16 Å². The number of hydrogen-bond donors (Lipinski definition) is 2. The minimum absolute atomic E-state index is 0.192. The fraction of sp³-hybridized carbons (Fsp3) is 0.273. The molecule has 1 aromatic rings. The molecule has 1 aliphatic heterocycles. The van der Waals surface area contributed by atoms with Gasteiger partial charge in [0.15, 0.2) is 0 Å². The molecule has 18 heavy (non-hydrogen) atoms. The van der Waals surface area contributed by atoms with E-state index in [2.05, 4.69) is 15.2 Å². The summed E-state index contributed by atoms with van der Waals surface area (Å²) in [6, 6.07) is 2.54. The van der Waals surface area contributed by atoms with Crippen LogP contribution in [-0.2, 0) is 9.53 Å². The molecule has 0 fully saturated rings. The van der Waals surface area contributed by atoms with Gasteiger partial charge in [0.05, 0.1) is 17.8 Å². The Balaban J connectivity index is 2.49. The van der Waals surface area contributed by atoms with Gasteiger partial charge in [-0.2, -0.15) is 0 Å². The first kappa shape index (κ1) is 13.0. The van der Waals surface area contributed by atoms with Crippen LogP contribution in [0, 0.1) is 0 Å². The number of methoxy groups -OCH3 is 1. The van der Waals surface area contributed by atoms with Crippen molar-refractivity contribution in [3.63, 3.8) is 0 Å². The van der Waals surface area contributed by atoms with E-state index in [-0.39, 0.29) is 6.42 Å². The zero-order chi connectivity index (χ0) is 13.3. The fourth-order valence-electron chi connectivity index (χ4n) is 1.89. The summed E-state index contributed by atoms with van der Waals surface area (Å²) in [7, 11) is 1.29. The van der Waals surface area contributed by atoms with E-state index in [4.69, 9.17) is 28.4 Å². The van der Waals surface area contributed by atoms with E-state index < -0.39 is 12.0 Å². The summed E-state index contributed by atoms with van der Waals surface area (Å²) < 4.78 is 4.65. The van der Waals surface area contributed by atoms with E-state index in [1.807, 2.05) is 0 Å². The van der Waals surface area contributed by atoms with Gasteiger partial charge in [-0.05, 0) is 12.1 Å². The molecule has 1 aliphatic rings. The molecule has 1 unspecified atom stereocenters. The van der Waals surface area contributed by atoms with Gasteiger partial charge < -0.3 is 15.3 Å². The molecule has 2 rings (SSSR count). The van der Waals surface area contributed by atoms with Gasteiger partial charge in [-0.25, -0.2) is 4.79 Å². The Bertz CT molecular complexity index is 531.